The highest BCUT2D eigenvalue weighted by Gasteiger charge is 2.35. The van der Waals surface area contributed by atoms with Crippen molar-refractivity contribution in [3.63, 3.8) is 0 Å². The van der Waals surface area contributed by atoms with Crippen molar-refractivity contribution < 1.29 is 35.9 Å². The molecule has 35 heavy (non-hydrogen) atoms. The van der Waals surface area contributed by atoms with Gasteiger partial charge >= 0.3 is 12.4 Å². The van der Waals surface area contributed by atoms with Crippen LogP contribution in [-0.4, -0.2) is 70.4 Å². The highest BCUT2D eigenvalue weighted by atomic mass is 19.4. The summed E-state index contributed by atoms with van der Waals surface area (Å²) >= 11 is 0. The lowest BCUT2D eigenvalue weighted by atomic mass is 10.1. The predicted octanol–water partition coefficient (Wildman–Crippen LogP) is 3.30. The molecule has 9 nitrogen and oxygen atoms in total. The van der Waals surface area contributed by atoms with Gasteiger partial charge < -0.3 is 14.5 Å². The average molecular weight is 504 g/mol. The molecule has 1 saturated heterocycles. The van der Waals surface area contributed by atoms with E-state index in [1.165, 1.54) is 34.1 Å². The first kappa shape index (κ1) is 25.7. The lowest BCUT2D eigenvalue weighted by Crippen LogP contribution is -2.50. The molecule has 0 spiro atoms. The Morgan fingerprint density at radius 3 is 2.40 bits per heavy atom. The summed E-state index contributed by atoms with van der Waals surface area (Å²) in [6.07, 6.45) is -9.96. The molecule has 1 aliphatic rings. The Kier molecular flexibility index (Phi) is 7.45. The van der Waals surface area contributed by atoms with Crippen molar-refractivity contribution in [1.82, 2.24) is 20.0 Å². The third-order valence-corrected chi connectivity index (χ3v) is 4.79. The van der Waals surface area contributed by atoms with E-state index in [9.17, 15) is 35.9 Å². The monoisotopic (exact) mass is 504 g/mol. The number of nitrogens with zero attached hydrogens (tertiary/aromatic N) is 4. The number of aliphatic imine (C=N–C) groups is 1. The summed E-state index contributed by atoms with van der Waals surface area (Å²) in [4.78, 5) is 30.5. The van der Waals surface area contributed by atoms with Crippen LogP contribution in [0, 0.1) is 5.41 Å². The summed E-state index contributed by atoms with van der Waals surface area (Å²) in [7, 11) is 0. The molecule has 1 aliphatic heterocycles. The summed E-state index contributed by atoms with van der Waals surface area (Å²) in [5.74, 6) is -1.29. The van der Waals surface area contributed by atoms with Crippen LogP contribution in [0.4, 0.5) is 26.3 Å². The van der Waals surface area contributed by atoms with Crippen molar-refractivity contribution in [3.05, 3.63) is 51.8 Å². The highest BCUT2D eigenvalue weighted by Crippen LogP contribution is 2.29. The van der Waals surface area contributed by atoms with Gasteiger partial charge in [-0.1, -0.05) is 6.07 Å². The molecule has 0 aliphatic carbocycles. The van der Waals surface area contributed by atoms with Gasteiger partial charge in [-0.3, -0.25) is 15.0 Å². The number of amides is 1. The van der Waals surface area contributed by atoms with Crippen LogP contribution in [0.15, 0.2) is 40.1 Å². The molecule has 3 rings (SSSR count). The van der Waals surface area contributed by atoms with E-state index in [0.29, 0.717) is 12.3 Å². The minimum absolute atomic E-state index is 0.00272. The quantitative estimate of drug-likeness (QED) is 0.377. The number of guanidine groups is 1. The van der Waals surface area contributed by atoms with E-state index in [0.717, 1.165) is 0 Å². The molecule has 1 fully saturated rings. The summed E-state index contributed by atoms with van der Waals surface area (Å²) < 4.78 is 80.6. The van der Waals surface area contributed by atoms with Gasteiger partial charge in [0.2, 0.25) is 11.8 Å². The van der Waals surface area contributed by atoms with Crippen molar-refractivity contribution in [2.45, 2.75) is 18.8 Å². The summed E-state index contributed by atoms with van der Waals surface area (Å²) in [5.41, 5.74) is -2.75. The number of piperazine rings is 1. The van der Waals surface area contributed by atoms with Gasteiger partial charge in [-0.2, -0.15) is 26.3 Å². The highest BCUT2D eigenvalue weighted by molar-refractivity contribution is 5.95. The molecule has 0 saturated carbocycles. The molecule has 1 aromatic carbocycles. The van der Waals surface area contributed by atoms with E-state index in [1.807, 2.05) is 0 Å². The number of hydrogen-bond donors (Lipinski definition) is 2. The van der Waals surface area contributed by atoms with Crippen LogP contribution in [0.3, 0.4) is 0 Å². The Balaban J connectivity index is 1.62. The lowest BCUT2D eigenvalue weighted by molar-refractivity contribution is -0.139. The Morgan fingerprint density at radius 1 is 1.11 bits per heavy atom. The molecule has 15 heteroatoms. The fourth-order valence-corrected chi connectivity index (χ4v) is 3.08. The number of carbonyl (C=O) groups excluding carboxylic acids is 1. The van der Waals surface area contributed by atoms with E-state index in [1.54, 1.807) is 5.10 Å². The molecule has 0 unspecified atom stereocenters. The number of halogens is 6. The van der Waals surface area contributed by atoms with Crippen LogP contribution in [0.25, 0.3) is 0 Å². The van der Waals surface area contributed by atoms with Crippen molar-refractivity contribution >= 4 is 18.1 Å². The zero-order chi connectivity index (χ0) is 25.8. The first-order valence-electron chi connectivity index (χ1n) is 10.0. The number of benzene rings is 1. The van der Waals surface area contributed by atoms with E-state index < -0.39 is 41.7 Å². The van der Waals surface area contributed by atoms with Gasteiger partial charge in [0.05, 0.1) is 6.42 Å². The number of rotatable bonds is 4. The van der Waals surface area contributed by atoms with Crippen LogP contribution in [0.1, 0.15) is 22.3 Å². The fraction of sp³-hybridized carbons (Fsp3) is 0.350. The summed E-state index contributed by atoms with van der Waals surface area (Å²) in [6, 6.07) is 6.03. The molecule has 0 bridgehead atoms. The molecular weight excluding hydrogens is 486 g/mol. The number of ether oxygens (including phenoxy) is 1. The number of nitrogens with one attached hydrogen (secondary N) is 2. The minimum Gasteiger partial charge on any atom is -0.438 e. The SMILES string of the molecule is N=C(N=CCC(F)(F)F)N1CCN(C(=O)c2cccc(Oc3cc(C(F)(F)F)c(=O)[nH]n3)c2)CC1. The molecular formula is C20H18F6N6O3. The Morgan fingerprint density at radius 2 is 1.77 bits per heavy atom. The van der Waals surface area contributed by atoms with Gasteiger partial charge in [0, 0.05) is 44.0 Å². The second-order valence-electron chi connectivity index (χ2n) is 7.31. The van der Waals surface area contributed by atoms with Gasteiger partial charge in [-0.25, -0.2) is 10.1 Å². The second-order valence-corrected chi connectivity index (χ2v) is 7.31. The van der Waals surface area contributed by atoms with Crippen molar-refractivity contribution in [2.75, 3.05) is 26.2 Å². The fourth-order valence-electron chi connectivity index (χ4n) is 3.08. The second kappa shape index (κ2) is 10.1. The van der Waals surface area contributed by atoms with E-state index in [4.69, 9.17) is 10.1 Å². The Bertz CT molecular complexity index is 1170. The van der Waals surface area contributed by atoms with Crippen LogP contribution in [0.2, 0.25) is 0 Å². The first-order valence-corrected chi connectivity index (χ1v) is 10.0. The van der Waals surface area contributed by atoms with Crippen LogP contribution < -0.4 is 10.3 Å². The number of aromatic nitrogens is 2. The van der Waals surface area contributed by atoms with Crippen molar-refractivity contribution in [2.24, 2.45) is 4.99 Å². The zero-order valence-electron chi connectivity index (χ0n) is 17.8. The molecule has 1 amide bonds. The maximum absolute atomic E-state index is 12.9. The standard InChI is InChI=1S/C20H18F6N6O3/c21-19(22,23)4-5-28-18(27)32-8-6-31(7-9-32)17(34)12-2-1-3-13(10-12)35-15-11-14(20(24,25)26)16(33)30-29-15/h1-3,5,10-11,27H,4,6-9H2,(H,30,33). The maximum atomic E-state index is 12.9. The summed E-state index contributed by atoms with van der Waals surface area (Å²) in [5, 5.41) is 12.9. The molecule has 0 radical (unpaired) electrons. The van der Waals surface area contributed by atoms with Crippen LogP contribution >= 0.6 is 0 Å². The average Bonchev–Trinajstić information content (AvgIpc) is 2.78. The lowest BCUT2D eigenvalue weighted by Gasteiger charge is -2.34. The number of carbonyl (C=O) groups is 1. The van der Waals surface area contributed by atoms with Crippen LogP contribution in [0.5, 0.6) is 11.6 Å². The van der Waals surface area contributed by atoms with Gasteiger partial charge in [-0.15, -0.1) is 5.10 Å². The van der Waals surface area contributed by atoms with Gasteiger partial charge in [-0.05, 0) is 18.2 Å². The van der Waals surface area contributed by atoms with Gasteiger partial charge in [0.15, 0.2) is 0 Å². The molecule has 0 atom stereocenters. The van der Waals surface area contributed by atoms with Crippen molar-refractivity contribution in [3.8, 4) is 11.6 Å². The Labute approximate surface area is 193 Å². The normalized spacial score (nSPS) is 14.9. The van der Waals surface area contributed by atoms with Crippen molar-refractivity contribution in [1.29, 1.82) is 5.41 Å². The molecule has 1 aromatic heterocycles. The van der Waals surface area contributed by atoms with E-state index in [-0.39, 0.29) is 43.5 Å². The topological polar surface area (TPSA) is 115 Å². The van der Waals surface area contributed by atoms with E-state index >= 15 is 0 Å². The largest absolute Gasteiger partial charge is 0.438 e. The number of aromatic amines is 1. The number of alkyl halides is 6. The number of hydrogen-bond acceptors (Lipinski definition) is 5. The minimum atomic E-state index is -4.91. The first-order chi connectivity index (χ1) is 16.3. The molecule has 2 aromatic rings. The van der Waals surface area contributed by atoms with E-state index in [2.05, 4.69) is 10.1 Å². The maximum Gasteiger partial charge on any atom is 0.421 e. The summed E-state index contributed by atoms with van der Waals surface area (Å²) in [6.45, 7) is 0.673. The molecule has 2 heterocycles. The Hall–Kier alpha value is -3.91. The third-order valence-electron chi connectivity index (χ3n) is 4.79. The predicted molar refractivity (Wildman–Crippen MR) is 111 cm³/mol. The number of H-pyrrole nitrogens is 1. The van der Waals surface area contributed by atoms with Gasteiger partial charge in [0.1, 0.15) is 11.3 Å². The smallest absolute Gasteiger partial charge is 0.421 e. The molecule has 188 valence electrons. The van der Waals surface area contributed by atoms with Crippen LogP contribution in [-0.2, 0) is 6.18 Å². The third kappa shape index (κ3) is 7.04. The molecule has 2 N–H and O–H groups in total. The van der Waals surface area contributed by atoms with Gasteiger partial charge in [0.25, 0.3) is 11.5 Å². The zero-order valence-corrected chi connectivity index (χ0v) is 17.8.